The van der Waals surface area contributed by atoms with Crippen LogP contribution in [0, 0.1) is 0 Å². The minimum Gasteiger partial charge on any atom is -0.858 e. The minimum atomic E-state index is -0.202. The molecule has 0 saturated carbocycles. The van der Waals surface area contributed by atoms with E-state index in [0.717, 1.165) is 68.9 Å². The van der Waals surface area contributed by atoms with Crippen LogP contribution in [0.25, 0.3) is 5.57 Å². The standard InChI is InChI=1S/C34H36N4O2/c35-13-14-36-34(39)22-11-9-21(10-12-22)29-27-19-23-5-1-15-37-17-3-7-25(30(23)37)32(27)40-33-26-8-4-18-38-16-2-6-24(31(26)38)20-28(29)33/h9-12,19-20H,1-8,13-18,35H2. The maximum Gasteiger partial charge on any atom is 0.210 e. The molecule has 2 N–H and O–H groups in total. The number of hydrogen-bond acceptors (Lipinski definition) is 5. The van der Waals surface area contributed by atoms with Crippen molar-refractivity contribution >= 4 is 17.2 Å². The van der Waals surface area contributed by atoms with Crippen LogP contribution in [0.15, 0.2) is 41.4 Å². The summed E-state index contributed by atoms with van der Waals surface area (Å²) in [5.41, 5.74) is 16.9. The Hall–Kier alpha value is -3.64. The van der Waals surface area contributed by atoms with E-state index >= 15 is 0 Å². The Kier molecular flexibility index (Phi) is 5.73. The van der Waals surface area contributed by atoms with E-state index in [9.17, 15) is 5.11 Å². The zero-order chi connectivity index (χ0) is 26.8. The Morgan fingerprint density at radius 2 is 1.65 bits per heavy atom. The van der Waals surface area contributed by atoms with Crippen molar-refractivity contribution in [3.63, 3.8) is 0 Å². The van der Waals surface area contributed by atoms with Crippen molar-refractivity contribution in [1.82, 2.24) is 4.58 Å². The van der Waals surface area contributed by atoms with Crippen molar-refractivity contribution in [2.45, 2.75) is 51.4 Å². The molecule has 0 unspecified atom stereocenters. The van der Waals surface area contributed by atoms with Crippen LogP contribution in [0.4, 0.5) is 5.69 Å². The van der Waals surface area contributed by atoms with Gasteiger partial charge >= 0.3 is 0 Å². The Morgan fingerprint density at radius 3 is 2.48 bits per heavy atom. The maximum atomic E-state index is 12.6. The zero-order valence-electron chi connectivity index (χ0n) is 23.1. The Labute approximate surface area is 235 Å². The van der Waals surface area contributed by atoms with E-state index in [0.29, 0.717) is 18.7 Å². The SMILES string of the molecule is NCCN=C([O-])c1ccc(C2=c3cc4c5c(c3Oc3c2cc2c6c3CCCN6CCC2)CCC[N+]=5CCC4)cc1. The third kappa shape index (κ3) is 3.65. The smallest absolute Gasteiger partial charge is 0.210 e. The monoisotopic (exact) mass is 532 g/mol. The average molecular weight is 533 g/mol. The molecule has 5 aliphatic rings. The van der Waals surface area contributed by atoms with Crippen LogP contribution in [0.3, 0.4) is 0 Å². The van der Waals surface area contributed by atoms with Gasteiger partial charge in [-0.25, -0.2) is 4.58 Å². The molecule has 6 nitrogen and oxygen atoms in total. The molecule has 5 heterocycles. The molecule has 3 aromatic rings. The summed E-state index contributed by atoms with van der Waals surface area (Å²) in [6.07, 6.45) is 9.10. The molecular weight excluding hydrogens is 496 g/mol. The second-order valence-electron chi connectivity index (χ2n) is 11.9. The van der Waals surface area contributed by atoms with Crippen LogP contribution in [0.1, 0.15) is 64.6 Å². The van der Waals surface area contributed by atoms with Gasteiger partial charge in [-0.2, -0.15) is 0 Å². The first kappa shape index (κ1) is 24.2. The molecule has 0 aromatic heterocycles. The Balaban J connectivity index is 1.42. The normalized spacial score (nSPS) is 18.9. The summed E-state index contributed by atoms with van der Waals surface area (Å²) in [5.74, 6) is 1.93. The number of ether oxygens (including phenoxy) is 1. The largest absolute Gasteiger partial charge is 0.858 e. The van der Waals surface area contributed by atoms with Gasteiger partial charge in [0.15, 0.2) is 0 Å². The molecule has 8 rings (SSSR count). The number of fused-ring (bicyclic) bond motifs is 4. The van der Waals surface area contributed by atoms with Crippen LogP contribution in [0.2, 0.25) is 0 Å². The topological polar surface area (TPSA) is 76.9 Å². The number of aliphatic imine (C=N–C) groups is 1. The number of aryl methyl sites for hydroxylation is 2. The van der Waals surface area contributed by atoms with E-state index in [-0.39, 0.29) is 5.90 Å². The molecule has 0 radical (unpaired) electrons. The highest BCUT2D eigenvalue weighted by molar-refractivity contribution is 5.93. The van der Waals surface area contributed by atoms with Gasteiger partial charge in [-0.15, -0.1) is 0 Å². The summed E-state index contributed by atoms with van der Waals surface area (Å²) in [4.78, 5) is 6.69. The number of rotatable bonds is 4. The van der Waals surface area contributed by atoms with Crippen LogP contribution in [-0.2, 0) is 25.7 Å². The maximum absolute atomic E-state index is 12.6. The fourth-order valence-corrected chi connectivity index (χ4v) is 7.86. The highest BCUT2D eigenvalue weighted by atomic mass is 16.5. The van der Waals surface area contributed by atoms with Gasteiger partial charge in [-0.05, 0) is 73.2 Å². The van der Waals surface area contributed by atoms with Gasteiger partial charge in [-0.1, -0.05) is 24.3 Å². The lowest BCUT2D eigenvalue weighted by Gasteiger charge is -2.39. The Bertz CT molecular complexity index is 1700. The number of nitrogens with zero attached hydrogens (tertiary/aromatic N) is 3. The summed E-state index contributed by atoms with van der Waals surface area (Å²) in [7, 11) is 0. The first-order chi connectivity index (χ1) is 19.7. The molecule has 0 bridgehead atoms. The molecule has 204 valence electrons. The third-order valence-corrected chi connectivity index (χ3v) is 9.49. The third-order valence-electron chi connectivity index (χ3n) is 9.49. The summed E-state index contributed by atoms with van der Waals surface area (Å²) in [6, 6.07) is 12.9. The van der Waals surface area contributed by atoms with Gasteiger partial charge in [0.05, 0.1) is 12.1 Å². The first-order valence-corrected chi connectivity index (χ1v) is 15.2. The van der Waals surface area contributed by atoms with Gasteiger partial charge in [0, 0.05) is 65.6 Å². The zero-order valence-corrected chi connectivity index (χ0v) is 23.1. The molecule has 5 aliphatic heterocycles. The molecular formula is C34H36N4O2. The molecule has 6 heteroatoms. The predicted octanol–water partition coefficient (Wildman–Crippen LogP) is 2.19. The van der Waals surface area contributed by atoms with Crippen molar-refractivity contribution in [2.75, 3.05) is 44.2 Å². The van der Waals surface area contributed by atoms with Crippen LogP contribution < -0.4 is 35.6 Å². The number of hydrogen-bond donors (Lipinski definition) is 1. The Morgan fingerprint density at radius 1 is 0.900 bits per heavy atom. The molecule has 0 spiro atoms. The van der Waals surface area contributed by atoms with E-state index in [1.165, 1.54) is 75.3 Å². The predicted molar refractivity (Wildman–Crippen MR) is 157 cm³/mol. The van der Waals surface area contributed by atoms with E-state index in [1.54, 1.807) is 0 Å². The van der Waals surface area contributed by atoms with Crippen LogP contribution in [-0.4, -0.2) is 45.2 Å². The molecule has 3 aromatic carbocycles. The molecule has 40 heavy (non-hydrogen) atoms. The van der Waals surface area contributed by atoms with E-state index < -0.39 is 0 Å². The fraction of sp³-hybridized carbons (Fsp3) is 0.412. The number of nitrogens with two attached hydrogens (primary N) is 1. The van der Waals surface area contributed by atoms with Crippen LogP contribution >= 0.6 is 0 Å². The van der Waals surface area contributed by atoms with Crippen molar-refractivity contribution in [2.24, 2.45) is 10.7 Å². The second-order valence-corrected chi connectivity index (χ2v) is 11.9. The number of anilines is 1. The van der Waals surface area contributed by atoms with Crippen LogP contribution in [0.5, 0.6) is 11.5 Å². The number of benzene rings is 3. The van der Waals surface area contributed by atoms with Gasteiger partial charge in [0.25, 0.3) is 0 Å². The summed E-state index contributed by atoms with van der Waals surface area (Å²) >= 11 is 0. The van der Waals surface area contributed by atoms with Gasteiger partial charge in [0.1, 0.15) is 24.6 Å². The van der Waals surface area contributed by atoms with Gasteiger partial charge in [-0.3, -0.25) is 4.99 Å². The minimum absolute atomic E-state index is 0.202. The van der Waals surface area contributed by atoms with E-state index in [2.05, 4.69) is 38.7 Å². The lowest BCUT2D eigenvalue weighted by Crippen LogP contribution is -2.45. The lowest BCUT2D eigenvalue weighted by molar-refractivity contribution is -0.213. The van der Waals surface area contributed by atoms with Crippen molar-refractivity contribution in [1.29, 1.82) is 0 Å². The molecule has 0 aliphatic carbocycles. The summed E-state index contributed by atoms with van der Waals surface area (Å²) < 4.78 is 9.72. The van der Waals surface area contributed by atoms with Crippen molar-refractivity contribution in [3.05, 3.63) is 85.9 Å². The highest BCUT2D eigenvalue weighted by Crippen LogP contribution is 2.48. The van der Waals surface area contributed by atoms with E-state index in [4.69, 9.17) is 10.5 Å². The highest BCUT2D eigenvalue weighted by Gasteiger charge is 2.35. The summed E-state index contributed by atoms with van der Waals surface area (Å²) in [5, 5.41) is 15.2. The van der Waals surface area contributed by atoms with Gasteiger partial charge in [0.2, 0.25) is 5.36 Å². The van der Waals surface area contributed by atoms with E-state index in [1.807, 2.05) is 12.1 Å². The molecule has 0 fully saturated rings. The lowest BCUT2D eigenvalue weighted by atomic mass is 9.82. The van der Waals surface area contributed by atoms with Crippen molar-refractivity contribution < 1.29 is 9.84 Å². The molecule has 0 atom stereocenters. The molecule has 0 amide bonds. The quantitative estimate of drug-likeness (QED) is 0.248. The first-order valence-electron chi connectivity index (χ1n) is 15.2. The second kappa shape index (κ2) is 9.48. The fourth-order valence-electron chi connectivity index (χ4n) is 7.86. The average Bonchev–Trinajstić information content (AvgIpc) is 3.00. The summed E-state index contributed by atoms with van der Waals surface area (Å²) in [6.45, 7) is 5.30. The molecule has 0 saturated heterocycles. The van der Waals surface area contributed by atoms with Gasteiger partial charge < -0.3 is 20.5 Å². The van der Waals surface area contributed by atoms with Crippen molar-refractivity contribution in [3.8, 4) is 11.5 Å².